The molecule has 1 N–H and O–H groups in total. The first-order valence-corrected chi connectivity index (χ1v) is 7.81. The van der Waals surface area contributed by atoms with Gasteiger partial charge in [0, 0.05) is 28.4 Å². The average Bonchev–Trinajstić information content (AvgIpc) is 2.61. The van der Waals surface area contributed by atoms with Gasteiger partial charge in [-0.15, -0.1) is 0 Å². The second-order valence-corrected chi connectivity index (χ2v) is 5.86. The Labute approximate surface area is 139 Å². The molecule has 4 heteroatoms. The molecule has 0 radical (unpaired) electrons. The molecular weight excluding hydrogens is 302 g/mol. The summed E-state index contributed by atoms with van der Waals surface area (Å²) in [6, 6.07) is 18.0. The highest BCUT2D eigenvalue weighted by atomic mass is 16.3. The van der Waals surface area contributed by atoms with E-state index in [1.165, 1.54) is 11.0 Å². The summed E-state index contributed by atoms with van der Waals surface area (Å²) in [7, 11) is 0. The summed E-state index contributed by atoms with van der Waals surface area (Å²) < 4.78 is 0. The number of phenols is 1. The predicted octanol–water partition coefficient (Wildman–Crippen LogP) is 3.38. The number of nitrogens with zero attached hydrogens (tertiary/aromatic N) is 1. The van der Waals surface area contributed by atoms with Crippen LogP contribution in [0.5, 0.6) is 5.75 Å². The van der Waals surface area contributed by atoms with E-state index in [0.717, 1.165) is 5.56 Å². The summed E-state index contributed by atoms with van der Waals surface area (Å²) in [5.74, 6) is -0.534. The van der Waals surface area contributed by atoms with Crippen molar-refractivity contribution in [2.24, 2.45) is 0 Å². The van der Waals surface area contributed by atoms with E-state index in [2.05, 4.69) is 0 Å². The molecule has 0 fully saturated rings. The van der Waals surface area contributed by atoms with Crippen molar-refractivity contribution in [2.75, 3.05) is 6.54 Å². The lowest BCUT2D eigenvalue weighted by Gasteiger charge is -2.27. The molecule has 3 aromatic rings. The molecule has 0 saturated carbocycles. The standard InChI is InChI=1S/C20H15NO3/c22-17-10-9-16-18-14(17)7-4-8-15(18)19(23)21(20(16)24)12-11-13-5-2-1-3-6-13/h1-10,22H,11-12H2. The van der Waals surface area contributed by atoms with Crippen LogP contribution in [0.4, 0.5) is 0 Å². The molecule has 0 bridgehead atoms. The van der Waals surface area contributed by atoms with Gasteiger partial charge in [0.25, 0.3) is 11.8 Å². The van der Waals surface area contributed by atoms with Crippen LogP contribution in [0, 0.1) is 0 Å². The van der Waals surface area contributed by atoms with Crippen LogP contribution < -0.4 is 0 Å². The summed E-state index contributed by atoms with van der Waals surface area (Å²) in [5.41, 5.74) is 2.00. The fourth-order valence-electron chi connectivity index (χ4n) is 3.22. The first kappa shape index (κ1) is 14.5. The number of carbonyl (C=O) groups is 2. The Kier molecular flexibility index (Phi) is 3.31. The Hall–Kier alpha value is -3.14. The maximum absolute atomic E-state index is 12.8. The number of hydrogen-bond acceptors (Lipinski definition) is 3. The van der Waals surface area contributed by atoms with Crippen molar-refractivity contribution >= 4 is 22.6 Å². The largest absolute Gasteiger partial charge is 0.507 e. The van der Waals surface area contributed by atoms with Crippen molar-refractivity contribution in [3.63, 3.8) is 0 Å². The number of imide groups is 1. The minimum absolute atomic E-state index is 0.0777. The maximum atomic E-state index is 12.8. The van der Waals surface area contributed by atoms with Crippen LogP contribution in [0.3, 0.4) is 0 Å². The van der Waals surface area contributed by atoms with Gasteiger partial charge in [-0.2, -0.15) is 0 Å². The van der Waals surface area contributed by atoms with Gasteiger partial charge in [-0.1, -0.05) is 42.5 Å². The molecule has 0 aromatic heterocycles. The molecule has 0 spiro atoms. The zero-order chi connectivity index (χ0) is 16.7. The predicted molar refractivity (Wildman–Crippen MR) is 91.1 cm³/mol. The first-order valence-electron chi connectivity index (χ1n) is 7.81. The van der Waals surface area contributed by atoms with E-state index in [-0.39, 0.29) is 17.6 Å². The number of rotatable bonds is 3. The molecule has 1 aliphatic heterocycles. The van der Waals surface area contributed by atoms with Gasteiger partial charge in [0.05, 0.1) is 0 Å². The maximum Gasteiger partial charge on any atom is 0.261 e. The SMILES string of the molecule is O=C1c2cccc3c(O)ccc(c23)C(=O)N1CCc1ccccc1. The third-order valence-corrected chi connectivity index (χ3v) is 4.44. The third kappa shape index (κ3) is 2.15. The first-order chi connectivity index (χ1) is 11.7. The van der Waals surface area contributed by atoms with Gasteiger partial charge in [0.2, 0.25) is 0 Å². The van der Waals surface area contributed by atoms with E-state index < -0.39 is 0 Å². The molecule has 24 heavy (non-hydrogen) atoms. The lowest BCUT2D eigenvalue weighted by Crippen LogP contribution is -2.41. The minimum atomic E-state index is -0.306. The molecule has 0 aliphatic carbocycles. The molecule has 3 aromatic carbocycles. The van der Waals surface area contributed by atoms with Crippen LogP contribution >= 0.6 is 0 Å². The Morgan fingerprint density at radius 2 is 1.50 bits per heavy atom. The molecule has 1 aliphatic rings. The van der Waals surface area contributed by atoms with Gasteiger partial charge >= 0.3 is 0 Å². The molecule has 4 nitrogen and oxygen atoms in total. The second kappa shape index (κ2) is 5.49. The van der Waals surface area contributed by atoms with Gasteiger partial charge < -0.3 is 5.11 Å². The molecule has 1 heterocycles. The minimum Gasteiger partial charge on any atom is -0.507 e. The Bertz CT molecular complexity index is 941. The summed E-state index contributed by atoms with van der Waals surface area (Å²) in [6.07, 6.45) is 0.613. The monoisotopic (exact) mass is 317 g/mol. The van der Waals surface area contributed by atoms with Crippen molar-refractivity contribution in [3.8, 4) is 5.75 Å². The molecular formula is C20H15NO3. The third-order valence-electron chi connectivity index (χ3n) is 4.44. The van der Waals surface area contributed by atoms with E-state index in [1.807, 2.05) is 30.3 Å². The average molecular weight is 317 g/mol. The summed E-state index contributed by atoms with van der Waals surface area (Å²) in [5, 5.41) is 11.1. The lowest BCUT2D eigenvalue weighted by molar-refractivity contribution is 0.0612. The zero-order valence-corrected chi connectivity index (χ0v) is 12.9. The Morgan fingerprint density at radius 3 is 2.25 bits per heavy atom. The topological polar surface area (TPSA) is 57.6 Å². The number of aromatic hydroxyl groups is 1. The number of phenolic OH excluding ortho intramolecular Hbond substituents is 1. The van der Waals surface area contributed by atoms with E-state index in [0.29, 0.717) is 34.9 Å². The number of amides is 2. The molecule has 0 atom stereocenters. The van der Waals surface area contributed by atoms with E-state index in [1.54, 1.807) is 24.3 Å². The quantitative estimate of drug-likeness (QED) is 0.753. The van der Waals surface area contributed by atoms with Crippen LogP contribution in [-0.4, -0.2) is 28.4 Å². The van der Waals surface area contributed by atoms with Crippen molar-refractivity contribution in [2.45, 2.75) is 6.42 Å². The Balaban J connectivity index is 1.74. The highest BCUT2D eigenvalue weighted by Crippen LogP contribution is 2.34. The lowest BCUT2D eigenvalue weighted by atomic mass is 9.93. The van der Waals surface area contributed by atoms with Gasteiger partial charge in [0.1, 0.15) is 5.75 Å². The van der Waals surface area contributed by atoms with Gasteiger partial charge in [-0.3, -0.25) is 14.5 Å². The Morgan fingerprint density at radius 1 is 0.792 bits per heavy atom. The fourth-order valence-corrected chi connectivity index (χ4v) is 3.22. The van der Waals surface area contributed by atoms with Crippen molar-refractivity contribution in [1.29, 1.82) is 0 Å². The number of hydrogen-bond donors (Lipinski definition) is 1. The second-order valence-electron chi connectivity index (χ2n) is 5.86. The zero-order valence-electron chi connectivity index (χ0n) is 12.9. The van der Waals surface area contributed by atoms with E-state index in [9.17, 15) is 14.7 Å². The van der Waals surface area contributed by atoms with Gasteiger partial charge in [-0.25, -0.2) is 0 Å². The van der Waals surface area contributed by atoms with Crippen LogP contribution in [-0.2, 0) is 6.42 Å². The summed E-state index contributed by atoms with van der Waals surface area (Å²) in [4.78, 5) is 26.8. The number of benzene rings is 3. The van der Waals surface area contributed by atoms with E-state index in [4.69, 9.17) is 0 Å². The van der Waals surface area contributed by atoms with E-state index >= 15 is 0 Å². The van der Waals surface area contributed by atoms with Crippen LogP contribution in [0.25, 0.3) is 10.8 Å². The van der Waals surface area contributed by atoms with Crippen LogP contribution in [0.2, 0.25) is 0 Å². The summed E-state index contributed by atoms with van der Waals surface area (Å²) >= 11 is 0. The van der Waals surface area contributed by atoms with Gasteiger partial charge in [-0.05, 0) is 30.2 Å². The van der Waals surface area contributed by atoms with Crippen LogP contribution in [0.15, 0.2) is 60.7 Å². The smallest absolute Gasteiger partial charge is 0.261 e. The molecule has 118 valence electrons. The van der Waals surface area contributed by atoms with Crippen LogP contribution in [0.1, 0.15) is 26.3 Å². The fraction of sp³-hybridized carbons (Fsp3) is 0.100. The van der Waals surface area contributed by atoms with Crippen molar-refractivity contribution in [1.82, 2.24) is 4.90 Å². The van der Waals surface area contributed by atoms with Crippen molar-refractivity contribution < 1.29 is 14.7 Å². The normalized spacial score (nSPS) is 13.6. The van der Waals surface area contributed by atoms with Crippen molar-refractivity contribution in [3.05, 3.63) is 77.4 Å². The molecule has 4 rings (SSSR count). The highest BCUT2D eigenvalue weighted by molar-refractivity contribution is 6.26. The molecule has 0 unspecified atom stereocenters. The summed E-state index contributed by atoms with van der Waals surface area (Å²) in [6.45, 7) is 0.332. The molecule has 0 saturated heterocycles. The van der Waals surface area contributed by atoms with Gasteiger partial charge in [0.15, 0.2) is 0 Å². The molecule has 2 amide bonds. The highest BCUT2D eigenvalue weighted by Gasteiger charge is 2.32. The number of carbonyl (C=O) groups excluding carboxylic acids is 2.